The van der Waals surface area contributed by atoms with E-state index in [1.165, 1.54) is 6.42 Å². The van der Waals surface area contributed by atoms with Crippen molar-refractivity contribution in [2.75, 3.05) is 31.1 Å². The van der Waals surface area contributed by atoms with Crippen molar-refractivity contribution in [1.29, 1.82) is 0 Å². The normalized spacial score (nSPS) is 25.5. The van der Waals surface area contributed by atoms with E-state index < -0.39 is 0 Å². The van der Waals surface area contributed by atoms with Gasteiger partial charge in [0.15, 0.2) is 5.65 Å². The van der Waals surface area contributed by atoms with E-state index >= 15 is 0 Å². The lowest BCUT2D eigenvalue weighted by molar-refractivity contribution is -0.137. The maximum Gasteiger partial charge on any atom is 0.227 e. The van der Waals surface area contributed by atoms with E-state index in [9.17, 15) is 4.79 Å². The smallest absolute Gasteiger partial charge is 0.227 e. The monoisotopic (exact) mass is 314 g/mol. The van der Waals surface area contributed by atoms with E-state index in [1.807, 2.05) is 4.90 Å². The van der Waals surface area contributed by atoms with Crippen LogP contribution >= 0.6 is 0 Å². The highest BCUT2D eigenvalue weighted by atomic mass is 16.2. The van der Waals surface area contributed by atoms with Crippen molar-refractivity contribution in [2.24, 2.45) is 5.41 Å². The number of carbonyl (C=O) groups is 1. The molecule has 1 N–H and O–H groups in total. The van der Waals surface area contributed by atoms with Crippen LogP contribution in [0.4, 0.5) is 5.95 Å². The Labute approximate surface area is 135 Å². The number of aromatic nitrogens is 4. The standard InChI is InChI=1S/C16H22N6O/c1-2-21-9-16(6-4-13(21)23)5-3-7-22(10-16)15-17-8-12-14(20-15)19-11-18-12/h8,11H,2-7,9-10H2,1H3,(H,17,18,19,20)/t16-/m1/s1. The van der Waals surface area contributed by atoms with Gasteiger partial charge in [-0.05, 0) is 26.2 Å². The Kier molecular flexibility index (Phi) is 3.43. The molecule has 2 aromatic rings. The third-order valence-corrected chi connectivity index (χ3v) is 5.24. The average molecular weight is 314 g/mol. The van der Waals surface area contributed by atoms with Gasteiger partial charge >= 0.3 is 0 Å². The molecule has 0 bridgehead atoms. The summed E-state index contributed by atoms with van der Waals surface area (Å²) >= 11 is 0. The summed E-state index contributed by atoms with van der Waals surface area (Å²) < 4.78 is 0. The zero-order valence-corrected chi connectivity index (χ0v) is 13.5. The van der Waals surface area contributed by atoms with Gasteiger partial charge in [-0.15, -0.1) is 0 Å². The van der Waals surface area contributed by atoms with Crippen LogP contribution in [-0.2, 0) is 4.79 Å². The van der Waals surface area contributed by atoms with Crippen LogP contribution in [-0.4, -0.2) is 56.9 Å². The molecule has 23 heavy (non-hydrogen) atoms. The fourth-order valence-electron chi connectivity index (χ4n) is 3.98. The van der Waals surface area contributed by atoms with Gasteiger partial charge in [0.1, 0.15) is 5.52 Å². The molecule has 122 valence electrons. The molecule has 0 radical (unpaired) electrons. The van der Waals surface area contributed by atoms with Crippen LogP contribution in [0.5, 0.6) is 0 Å². The number of hydrogen-bond acceptors (Lipinski definition) is 5. The molecule has 0 aliphatic carbocycles. The summed E-state index contributed by atoms with van der Waals surface area (Å²) in [4.78, 5) is 32.6. The first-order valence-corrected chi connectivity index (χ1v) is 8.38. The van der Waals surface area contributed by atoms with Gasteiger partial charge in [-0.2, -0.15) is 4.98 Å². The number of anilines is 1. The van der Waals surface area contributed by atoms with E-state index in [4.69, 9.17) is 0 Å². The van der Waals surface area contributed by atoms with Crippen molar-refractivity contribution in [3.8, 4) is 0 Å². The fourth-order valence-corrected chi connectivity index (χ4v) is 3.98. The number of likely N-dealkylation sites (tertiary alicyclic amines) is 1. The molecule has 2 aromatic heterocycles. The lowest BCUT2D eigenvalue weighted by Crippen LogP contribution is -2.54. The second kappa shape index (κ2) is 5.47. The number of nitrogens with one attached hydrogen (secondary N) is 1. The number of fused-ring (bicyclic) bond motifs is 1. The predicted octanol–water partition coefficient (Wildman–Crippen LogP) is 1.58. The number of rotatable bonds is 2. The Morgan fingerprint density at radius 1 is 1.30 bits per heavy atom. The van der Waals surface area contributed by atoms with Gasteiger partial charge < -0.3 is 14.8 Å². The zero-order chi connectivity index (χ0) is 15.9. The number of nitrogens with zero attached hydrogens (tertiary/aromatic N) is 5. The first kappa shape index (κ1) is 14.4. The Morgan fingerprint density at radius 2 is 2.22 bits per heavy atom. The molecule has 2 fully saturated rings. The second-order valence-electron chi connectivity index (χ2n) is 6.74. The molecule has 7 heteroatoms. The van der Waals surface area contributed by atoms with Gasteiger partial charge in [0, 0.05) is 38.0 Å². The summed E-state index contributed by atoms with van der Waals surface area (Å²) in [5.74, 6) is 1.05. The molecule has 2 saturated heterocycles. The van der Waals surface area contributed by atoms with E-state index in [1.54, 1.807) is 12.5 Å². The summed E-state index contributed by atoms with van der Waals surface area (Å²) in [7, 11) is 0. The van der Waals surface area contributed by atoms with Crippen molar-refractivity contribution < 1.29 is 4.79 Å². The minimum atomic E-state index is 0.187. The Hall–Kier alpha value is -2.18. The molecule has 0 aromatic carbocycles. The number of piperidine rings is 2. The summed E-state index contributed by atoms with van der Waals surface area (Å²) in [6.45, 7) is 5.62. The van der Waals surface area contributed by atoms with Gasteiger partial charge in [0.05, 0.1) is 12.5 Å². The highest BCUT2D eigenvalue weighted by Crippen LogP contribution is 2.39. The lowest BCUT2D eigenvalue weighted by Gasteiger charge is -2.48. The quantitative estimate of drug-likeness (QED) is 0.910. The Morgan fingerprint density at radius 3 is 3.09 bits per heavy atom. The molecule has 1 spiro atoms. The molecule has 2 aliphatic rings. The van der Waals surface area contributed by atoms with Crippen LogP contribution in [0.25, 0.3) is 11.2 Å². The van der Waals surface area contributed by atoms with Crippen molar-refractivity contribution >= 4 is 23.0 Å². The summed E-state index contributed by atoms with van der Waals surface area (Å²) in [6, 6.07) is 0. The number of imidazole rings is 1. The average Bonchev–Trinajstić information content (AvgIpc) is 3.05. The number of hydrogen-bond donors (Lipinski definition) is 1. The van der Waals surface area contributed by atoms with Gasteiger partial charge in [0.25, 0.3) is 0 Å². The summed E-state index contributed by atoms with van der Waals surface area (Å²) in [5.41, 5.74) is 1.76. The van der Waals surface area contributed by atoms with Gasteiger partial charge in [-0.25, -0.2) is 9.97 Å². The van der Waals surface area contributed by atoms with E-state index in [-0.39, 0.29) is 5.41 Å². The third kappa shape index (κ3) is 2.54. The molecule has 1 amide bonds. The van der Waals surface area contributed by atoms with Crippen molar-refractivity contribution in [3.63, 3.8) is 0 Å². The first-order chi connectivity index (χ1) is 11.2. The molecule has 2 aliphatic heterocycles. The number of carbonyl (C=O) groups excluding carboxylic acids is 1. The summed E-state index contributed by atoms with van der Waals surface area (Å²) in [6.07, 6.45) is 7.39. The Balaban J connectivity index is 1.57. The second-order valence-corrected chi connectivity index (χ2v) is 6.74. The molecule has 0 unspecified atom stereocenters. The van der Waals surface area contributed by atoms with Gasteiger partial charge in [0.2, 0.25) is 11.9 Å². The molecule has 7 nitrogen and oxygen atoms in total. The maximum absolute atomic E-state index is 12.0. The van der Waals surface area contributed by atoms with Crippen LogP contribution in [0.3, 0.4) is 0 Å². The van der Waals surface area contributed by atoms with Crippen LogP contribution < -0.4 is 4.90 Å². The topological polar surface area (TPSA) is 78.0 Å². The minimum absolute atomic E-state index is 0.187. The predicted molar refractivity (Wildman–Crippen MR) is 87.1 cm³/mol. The van der Waals surface area contributed by atoms with Crippen molar-refractivity contribution in [2.45, 2.75) is 32.6 Å². The van der Waals surface area contributed by atoms with Crippen LogP contribution in [0.15, 0.2) is 12.5 Å². The van der Waals surface area contributed by atoms with Gasteiger partial charge in [-0.3, -0.25) is 4.79 Å². The SMILES string of the molecule is CCN1C[C@@]2(CCCN(c3ncc4[nH]cnc4n3)C2)CCC1=O. The van der Waals surface area contributed by atoms with Crippen molar-refractivity contribution in [1.82, 2.24) is 24.8 Å². The molecule has 0 saturated carbocycles. The first-order valence-electron chi connectivity index (χ1n) is 8.38. The molecule has 4 heterocycles. The summed E-state index contributed by atoms with van der Waals surface area (Å²) in [5, 5.41) is 0. The maximum atomic E-state index is 12.0. The van der Waals surface area contributed by atoms with E-state index in [0.29, 0.717) is 18.0 Å². The van der Waals surface area contributed by atoms with Crippen LogP contribution in [0.2, 0.25) is 0 Å². The number of aromatic amines is 1. The number of amides is 1. The Bertz CT molecular complexity index is 728. The minimum Gasteiger partial charge on any atom is -0.342 e. The third-order valence-electron chi connectivity index (χ3n) is 5.24. The lowest BCUT2D eigenvalue weighted by atomic mass is 9.73. The molecular formula is C16H22N6O. The molecule has 4 rings (SSSR count). The molecular weight excluding hydrogens is 292 g/mol. The fraction of sp³-hybridized carbons (Fsp3) is 0.625. The van der Waals surface area contributed by atoms with Crippen molar-refractivity contribution in [3.05, 3.63) is 12.5 Å². The highest BCUT2D eigenvalue weighted by Gasteiger charge is 2.41. The molecule has 1 atom stereocenters. The highest BCUT2D eigenvalue weighted by molar-refractivity contribution is 5.77. The zero-order valence-electron chi connectivity index (χ0n) is 13.5. The van der Waals surface area contributed by atoms with Gasteiger partial charge in [-0.1, -0.05) is 0 Å². The van der Waals surface area contributed by atoms with E-state index in [2.05, 4.69) is 31.8 Å². The van der Waals surface area contributed by atoms with E-state index in [0.717, 1.165) is 50.5 Å². The van der Waals surface area contributed by atoms with Crippen LogP contribution in [0.1, 0.15) is 32.6 Å². The van der Waals surface area contributed by atoms with Crippen LogP contribution in [0, 0.1) is 5.41 Å². The number of H-pyrrole nitrogens is 1. The largest absolute Gasteiger partial charge is 0.342 e.